The summed E-state index contributed by atoms with van der Waals surface area (Å²) in [4.78, 5) is 38.9. The SMILES string of the molecule is CC(C)c1ccc(NC(=O)CN2C(=O)NC(C)(Cc3ccc4c(c3)OCO4)C2=O)cc1. The molecule has 0 aromatic heterocycles. The van der Waals surface area contributed by atoms with Gasteiger partial charge in [-0.05, 0) is 48.2 Å². The second-order valence-electron chi connectivity index (χ2n) is 8.34. The van der Waals surface area contributed by atoms with Crippen LogP contribution in [0, 0.1) is 0 Å². The number of benzene rings is 2. The van der Waals surface area contributed by atoms with Crippen molar-refractivity contribution in [2.45, 2.75) is 38.6 Å². The van der Waals surface area contributed by atoms with Gasteiger partial charge in [0.2, 0.25) is 12.7 Å². The summed E-state index contributed by atoms with van der Waals surface area (Å²) in [5.41, 5.74) is 1.44. The van der Waals surface area contributed by atoms with Gasteiger partial charge >= 0.3 is 6.03 Å². The number of nitrogens with one attached hydrogen (secondary N) is 2. The highest BCUT2D eigenvalue weighted by Crippen LogP contribution is 2.34. The Hall–Kier alpha value is -3.55. The maximum Gasteiger partial charge on any atom is 0.325 e. The number of carbonyl (C=O) groups excluding carboxylic acids is 3. The Labute approximate surface area is 180 Å². The standard InChI is InChI=1S/C23H25N3O5/c1-14(2)16-5-7-17(8-6-16)24-20(27)12-26-21(28)23(3,25-22(26)29)11-15-4-9-18-19(10-15)31-13-30-18/h4-10,14H,11-13H2,1-3H3,(H,24,27)(H,25,29). The molecule has 2 aliphatic rings. The molecule has 2 aromatic carbocycles. The van der Waals surface area contributed by atoms with Gasteiger partial charge in [-0.1, -0.05) is 32.0 Å². The van der Waals surface area contributed by atoms with Gasteiger partial charge in [0.15, 0.2) is 11.5 Å². The number of rotatable bonds is 6. The van der Waals surface area contributed by atoms with Crippen LogP contribution in [0.25, 0.3) is 0 Å². The number of ether oxygens (including phenoxy) is 2. The summed E-state index contributed by atoms with van der Waals surface area (Å²) in [6, 6.07) is 12.3. The number of hydrogen-bond donors (Lipinski definition) is 2. The van der Waals surface area contributed by atoms with E-state index in [4.69, 9.17) is 9.47 Å². The first-order valence-corrected chi connectivity index (χ1v) is 10.2. The van der Waals surface area contributed by atoms with Crippen molar-refractivity contribution < 1.29 is 23.9 Å². The Morgan fingerprint density at radius 1 is 1.13 bits per heavy atom. The second kappa shape index (κ2) is 7.94. The summed E-state index contributed by atoms with van der Waals surface area (Å²) in [6.07, 6.45) is 0.267. The van der Waals surface area contributed by atoms with Crippen molar-refractivity contribution in [3.05, 3.63) is 53.6 Å². The highest BCUT2D eigenvalue weighted by molar-refractivity contribution is 6.10. The smallest absolute Gasteiger partial charge is 0.325 e. The van der Waals surface area contributed by atoms with Crippen LogP contribution < -0.4 is 20.1 Å². The van der Waals surface area contributed by atoms with Gasteiger partial charge in [-0.2, -0.15) is 0 Å². The Kier molecular flexibility index (Phi) is 5.31. The quantitative estimate of drug-likeness (QED) is 0.696. The third-order valence-electron chi connectivity index (χ3n) is 5.50. The first-order valence-electron chi connectivity index (χ1n) is 10.2. The van der Waals surface area contributed by atoms with E-state index in [1.165, 1.54) is 0 Å². The zero-order chi connectivity index (χ0) is 22.2. The second-order valence-corrected chi connectivity index (χ2v) is 8.34. The lowest BCUT2D eigenvalue weighted by molar-refractivity contribution is -0.133. The average Bonchev–Trinajstić information content (AvgIpc) is 3.26. The lowest BCUT2D eigenvalue weighted by Gasteiger charge is -2.22. The van der Waals surface area contributed by atoms with E-state index in [1.807, 2.05) is 30.3 Å². The van der Waals surface area contributed by atoms with E-state index >= 15 is 0 Å². The van der Waals surface area contributed by atoms with Gasteiger partial charge in [0.05, 0.1) is 0 Å². The highest BCUT2D eigenvalue weighted by atomic mass is 16.7. The van der Waals surface area contributed by atoms with Crippen LogP contribution in [0.4, 0.5) is 10.5 Å². The molecule has 0 aliphatic carbocycles. The van der Waals surface area contributed by atoms with Gasteiger partial charge in [0.25, 0.3) is 5.91 Å². The molecule has 0 bridgehead atoms. The van der Waals surface area contributed by atoms with Gasteiger partial charge in [-0.3, -0.25) is 14.5 Å². The van der Waals surface area contributed by atoms with Crippen LogP contribution >= 0.6 is 0 Å². The summed E-state index contributed by atoms with van der Waals surface area (Å²) in [7, 11) is 0. The molecule has 31 heavy (non-hydrogen) atoms. The van der Waals surface area contributed by atoms with E-state index in [1.54, 1.807) is 19.1 Å². The number of carbonyl (C=O) groups is 3. The fraction of sp³-hybridized carbons (Fsp3) is 0.348. The predicted molar refractivity (Wildman–Crippen MR) is 114 cm³/mol. The van der Waals surface area contributed by atoms with Crippen molar-refractivity contribution in [2.24, 2.45) is 0 Å². The van der Waals surface area contributed by atoms with Crippen molar-refractivity contribution in [3.63, 3.8) is 0 Å². The molecule has 0 spiro atoms. The fourth-order valence-electron chi connectivity index (χ4n) is 3.77. The van der Waals surface area contributed by atoms with Crippen LogP contribution in [-0.2, 0) is 16.0 Å². The van der Waals surface area contributed by atoms with E-state index in [9.17, 15) is 14.4 Å². The van der Waals surface area contributed by atoms with Crippen LogP contribution in [0.2, 0.25) is 0 Å². The minimum atomic E-state index is -1.15. The van der Waals surface area contributed by atoms with Gasteiger partial charge in [0, 0.05) is 12.1 Å². The van der Waals surface area contributed by atoms with Gasteiger partial charge < -0.3 is 20.1 Å². The highest BCUT2D eigenvalue weighted by Gasteiger charge is 2.48. The minimum absolute atomic E-state index is 0.162. The van der Waals surface area contributed by atoms with Crippen molar-refractivity contribution in [1.29, 1.82) is 0 Å². The first kappa shape index (κ1) is 20.7. The molecule has 0 radical (unpaired) electrons. The molecule has 0 saturated carbocycles. The number of imide groups is 1. The molecule has 2 aromatic rings. The van der Waals surface area contributed by atoms with Crippen LogP contribution in [0.5, 0.6) is 11.5 Å². The maximum absolute atomic E-state index is 13.0. The van der Waals surface area contributed by atoms with Gasteiger partial charge in [0.1, 0.15) is 12.1 Å². The topological polar surface area (TPSA) is 97.0 Å². The summed E-state index contributed by atoms with van der Waals surface area (Å²) >= 11 is 0. The molecule has 2 N–H and O–H groups in total. The van der Waals surface area contributed by atoms with Crippen molar-refractivity contribution in [1.82, 2.24) is 10.2 Å². The summed E-state index contributed by atoms with van der Waals surface area (Å²) in [6.45, 7) is 5.64. The molecular formula is C23H25N3O5. The molecule has 8 heteroatoms. The van der Waals surface area contributed by atoms with E-state index in [2.05, 4.69) is 24.5 Å². The summed E-state index contributed by atoms with van der Waals surface area (Å²) < 4.78 is 10.7. The third-order valence-corrected chi connectivity index (χ3v) is 5.50. The van der Waals surface area contributed by atoms with Crippen LogP contribution in [0.1, 0.15) is 37.8 Å². The largest absolute Gasteiger partial charge is 0.454 e. The Morgan fingerprint density at radius 3 is 2.55 bits per heavy atom. The molecule has 8 nitrogen and oxygen atoms in total. The molecule has 1 atom stereocenters. The molecule has 1 fully saturated rings. The molecule has 4 rings (SSSR count). The number of nitrogens with zero attached hydrogens (tertiary/aromatic N) is 1. The lowest BCUT2D eigenvalue weighted by Crippen LogP contribution is -2.46. The zero-order valence-electron chi connectivity index (χ0n) is 17.7. The maximum atomic E-state index is 13.0. The summed E-state index contributed by atoms with van der Waals surface area (Å²) in [5.74, 6) is 0.764. The Morgan fingerprint density at radius 2 is 1.84 bits per heavy atom. The molecule has 2 aliphatic heterocycles. The number of amides is 4. The average molecular weight is 423 g/mol. The van der Waals surface area contributed by atoms with E-state index in [0.29, 0.717) is 23.1 Å². The van der Waals surface area contributed by atoms with Crippen LogP contribution in [0.15, 0.2) is 42.5 Å². The molecule has 4 amide bonds. The number of hydrogen-bond acceptors (Lipinski definition) is 5. The predicted octanol–water partition coefficient (Wildman–Crippen LogP) is 3.03. The number of fused-ring (bicyclic) bond motifs is 1. The van der Waals surface area contributed by atoms with E-state index in [0.717, 1.165) is 16.0 Å². The minimum Gasteiger partial charge on any atom is -0.454 e. The molecule has 2 heterocycles. The summed E-state index contributed by atoms with van der Waals surface area (Å²) in [5, 5.41) is 5.46. The number of anilines is 1. The Bertz CT molecular complexity index is 1030. The lowest BCUT2D eigenvalue weighted by atomic mass is 9.92. The fourth-order valence-corrected chi connectivity index (χ4v) is 3.77. The van der Waals surface area contributed by atoms with Crippen LogP contribution in [-0.4, -0.2) is 41.6 Å². The molecule has 162 valence electrons. The third kappa shape index (κ3) is 4.19. The van der Waals surface area contributed by atoms with E-state index < -0.39 is 23.4 Å². The Balaban J connectivity index is 1.40. The zero-order valence-corrected chi connectivity index (χ0v) is 17.7. The normalized spacial score (nSPS) is 19.7. The molecular weight excluding hydrogens is 398 g/mol. The molecule has 1 saturated heterocycles. The first-order chi connectivity index (χ1) is 14.7. The van der Waals surface area contributed by atoms with Gasteiger partial charge in [-0.15, -0.1) is 0 Å². The van der Waals surface area contributed by atoms with Crippen molar-refractivity contribution >= 4 is 23.5 Å². The molecule has 1 unspecified atom stereocenters. The monoisotopic (exact) mass is 423 g/mol. The van der Waals surface area contributed by atoms with Crippen LogP contribution in [0.3, 0.4) is 0 Å². The number of urea groups is 1. The van der Waals surface area contributed by atoms with Gasteiger partial charge in [-0.25, -0.2) is 4.79 Å². The van der Waals surface area contributed by atoms with Crippen molar-refractivity contribution in [3.8, 4) is 11.5 Å². The van der Waals surface area contributed by atoms with E-state index in [-0.39, 0.29) is 19.8 Å². The van der Waals surface area contributed by atoms with Crippen molar-refractivity contribution in [2.75, 3.05) is 18.7 Å².